The summed E-state index contributed by atoms with van der Waals surface area (Å²) in [5.74, 6) is 0.549. The SMILES string of the molecule is CCOC(=O)C(C)CN[C@H](C)c1ccc(OC)cc1. The molecule has 0 fully saturated rings. The minimum absolute atomic E-state index is 0.138. The molecular weight excluding hydrogens is 242 g/mol. The highest BCUT2D eigenvalue weighted by atomic mass is 16.5. The Bertz CT molecular complexity index is 389. The predicted octanol–water partition coefficient (Wildman–Crippen LogP) is 2.55. The van der Waals surface area contributed by atoms with Crippen molar-refractivity contribution in [2.75, 3.05) is 20.3 Å². The molecule has 0 radical (unpaired) electrons. The zero-order chi connectivity index (χ0) is 14.3. The van der Waals surface area contributed by atoms with E-state index in [1.54, 1.807) is 7.11 Å². The molecular formula is C15H23NO3. The summed E-state index contributed by atoms with van der Waals surface area (Å²) in [5.41, 5.74) is 1.16. The molecule has 0 heterocycles. The number of nitrogens with one attached hydrogen (secondary N) is 1. The van der Waals surface area contributed by atoms with Crippen molar-refractivity contribution in [1.29, 1.82) is 0 Å². The highest BCUT2D eigenvalue weighted by Gasteiger charge is 2.15. The van der Waals surface area contributed by atoms with Crippen LogP contribution in [0.25, 0.3) is 0 Å². The third-order valence-corrected chi connectivity index (χ3v) is 3.03. The van der Waals surface area contributed by atoms with Crippen LogP contribution >= 0.6 is 0 Å². The second-order valence-electron chi connectivity index (χ2n) is 4.56. The lowest BCUT2D eigenvalue weighted by atomic mass is 10.1. The van der Waals surface area contributed by atoms with E-state index in [1.807, 2.05) is 38.1 Å². The Morgan fingerprint density at radius 2 is 1.89 bits per heavy atom. The van der Waals surface area contributed by atoms with E-state index in [-0.39, 0.29) is 17.9 Å². The molecule has 106 valence electrons. The molecule has 1 aromatic rings. The van der Waals surface area contributed by atoms with Crippen LogP contribution in [0.2, 0.25) is 0 Å². The summed E-state index contributed by atoms with van der Waals surface area (Å²) >= 11 is 0. The first-order valence-corrected chi connectivity index (χ1v) is 6.62. The van der Waals surface area contributed by atoms with Gasteiger partial charge in [0.25, 0.3) is 0 Å². The predicted molar refractivity (Wildman–Crippen MR) is 75.2 cm³/mol. The smallest absolute Gasteiger partial charge is 0.309 e. The summed E-state index contributed by atoms with van der Waals surface area (Å²) in [6.45, 7) is 6.78. The largest absolute Gasteiger partial charge is 0.497 e. The van der Waals surface area contributed by atoms with Crippen molar-refractivity contribution in [2.24, 2.45) is 5.92 Å². The molecule has 0 aliphatic heterocycles. The van der Waals surface area contributed by atoms with E-state index in [0.29, 0.717) is 13.2 Å². The third-order valence-electron chi connectivity index (χ3n) is 3.03. The molecule has 0 aliphatic rings. The van der Waals surface area contributed by atoms with E-state index < -0.39 is 0 Å². The van der Waals surface area contributed by atoms with Gasteiger partial charge in [-0.15, -0.1) is 0 Å². The zero-order valence-electron chi connectivity index (χ0n) is 12.1. The Kier molecular flexibility index (Phi) is 6.36. The third kappa shape index (κ3) is 4.91. The molecule has 1 rings (SSSR count). The summed E-state index contributed by atoms with van der Waals surface area (Å²) in [7, 11) is 1.65. The van der Waals surface area contributed by atoms with Crippen molar-refractivity contribution in [3.63, 3.8) is 0 Å². The van der Waals surface area contributed by atoms with Crippen LogP contribution < -0.4 is 10.1 Å². The number of hydrogen-bond acceptors (Lipinski definition) is 4. The number of esters is 1. The molecule has 1 unspecified atom stereocenters. The lowest BCUT2D eigenvalue weighted by Crippen LogP contribution is -2.29. The number of carbonyl (C=O) groups excluding carboxylic acids is 1. The van der Waals surface area contributed by atoms with Gasteiger partial charge in [-0.25, -0.2) is 0 Å². The Morgan fingerprint density at radius 1 is 1.26 bits per heavy atom. The molecule has 19 heavy (non-hydrogen) atoms. The molecule has 0 aliphatic carbocycles. The van der Waals surface area contributed by atoms with Crippen LogP contribution in [0.1, 0.15) is 32.4 Å². The van der Waals surface area contributed by atoms with Gasteiger partial charge in [0.1, 0.15) is 5.75 Å². The maximum atomic E-state index is 11.5. The monoisotopic (exact) mass is 265 g/mol. The summed E-state index contributed by atoms with van der Waals surface area (Å²) in [5, 5.41) is 3.33. The first-order chi connectivity index (χ1) is 9.08. The van der Waals surface area contributed by atoms with Gasteiger partial charge in [-0.1, -0.05) is 19.1 Å². The fraction of sp³-hybridized carbons (Fsp3) is 0.533. The van der Waals surface area contributed by atoms with Gasteiger partial charge in [0.15, 0.2) is 0 Å². The molecule has 4 nitrogen and oxygen atoms in total. The lowest BCUT2D eigenvalue weighted by molar-refractivity contribution is -0.147. The molecule has 0 spiro atoms. The Balaban J connectivity index is 2.45. The van der Waals surface area contributed by atoms with Crippen molar-refractivity contribution in [3.05, 3.63) is 29.8 Å². The molecule has 0 saturated carbocycles. The summed E-state index contributed by atoms with van der Waals surface area (Å²) in [6, 6.07) is 8.09. The maximum Gasteiger partial charge on any atom is 0.309 e. The second-order valence-corrected chi connectivity index (χ2v) is 4.56. The van der Waals surface area contributed by atoms with Gasteiger partial charge in [-0.2, -0.15) is 0 Å². The highest BCUT2D eigenvalue weighted by Crippen LogP contribution is 2.17. The first kappa shape index (κ1) is 15.5. The van der Waals surface area contributed by atoms with E-state index >= 15 is 0 Å². The quantitative estimate of drug-likeness (QED) is 0.770. The van der Waals surface area contributed by atoms with Gasteiger partial charge in [0.2, 0.25) is 0 Å². The second kappa shape index (κ2) is 7.79. The van der Waals surface area contributed by atoms with Crippen LogP contribution in [0.4, 0.5) is 0 Å². The van der Waals surface area contributed by atoms with Gasteiger partial charge in [-0.3, -0.25) is 4.79 Å². The molecule has 0 amide bonds. The van der Waals surface area contributed by atoms with Gasteiger partial charge in [0, 0.05) is 12.6 Å². The van der Waals surface area contributed by atoms with E-state index in [0.717, 1.165) is 11.3 Å². The van der Waals surface area contributed by atoms with E-state index in [1.165, 1.54) is 0 Å². The van der Waals surface area contributed by atoms with Crippen molar-refractivity contribution in [2.45, 2.75) is 26.8 Å². The fourth-order valence-corrected chi connectivity index (χ4v) is 1.73. The van der Waals surface area contributed by atoms with Crippen molar-refractivity contribution >= 4 is 5.97 Å². The van der Waals surface area contributed by atoms with Gasteiger partial charge >= 0.3 is 5.97 Å². The van der Waals surface area contributed by atoms with E-state index in [4.69, 9.17) is 9.47 Å². The molecule has 0 bridgehead atoms. The maximum absolute atomic E-state index is 11.5. The minimum atomic E-state index is -0.156. The number of rotatable bonds is 7. The first-order valence-electron chi connectivity index (χ1n) is 6.62. The summed E-state index contributed by atoms with van der Waals surface area (Å²) in [4.78, 5) is 11.5. The normalized spacial score (nSPS) is 13.7. The van der Waals surface area contributed by atoms with Crippen LogP contribution in [0.3, 0.4) is 0 Å². The summed E-state index contributed by atoms with van der Waals surface area (Å²) in [6.07, 6.45) is 0. The van der Waals surface area contributed by atoms with Crippen LogP contribution in [-0.4, -0.2) is 26.2 Å². The van der Waals surface area contributed by atoms with Crippen LogP contribution in [0.15, 0.2) is 24.3 Å². The number of benzene rings is 1. The lowest BCUT2D eigenvalue weighted by Gasteiger charge is -2.17. The summed E-state index contributed by atoms with van der Waals surface area (Å²) < 4.78 is 10.1. The van der Waals surface area contributed by atoms with Crippen LogP contribution in [0.5, 0.6) is 5.75 Å². The number of ether oxygens (including phenoxy) is 2. The molecule has 0 saturated heterocycles. The number of hydrogen-bond donors (Lipinski definition) is 1. The topological polar surface area (TPSA) is 47.6 Å². The van der Waals surface area contributed by atoms with E-state index in [2.05, 4.69) is 12.2 Å². The standard InChI is InChI=1S/C15H23NO3/c1-5-19-15(17)11(2)10-16-12(3)13-6-8-14(18-4)9-7-13/h6-9,11-12,16H,5,10H2,1-4H3/t11?,12-/m1/s1. The Labute approximate surface area is 115 Å². The number of methoxy groups -OCH3 is 1. The van der Waals surface area contributed by atoms with Crippen LogP contribution in [-0.2, 0) is 9.53 Å². The molecule has 4 heteroatoms. The number of carbonyl (C=O) groups is 1. The fourth-order valence-electron chi connectivity index (χ4n) is 1.73. The Morgan fingerprint density at radius 3 is 2.42 bits per heavy atom. The van der Waals surface area contributed by atoms with E-state index in [9.17, 15) is 4.79 Å². The minimum Gasteiger partial charge on any atom is -0.497 e. The molecule has 0 aromatic heterocycles. The highest BCUT2D eigenvalue weighted by molar-refractivity contribution is 5.72. The average molecular weight is 265 g/mol. The van der Waals surface area contributed by atoms with Gasteiger partial charge in [0.05, 0.1) is 19.6 Å². The molecule has 2 atom stereocenters. The van der Waals surface area contributed by atoms with Gasteiger partial charge in [-0.05, 0) is 31.5 Å². The van der Waals surface area contributed by atoms with Crippen LogP contribution in [0, 0.1) is 5.92 Å². The Hall–Kier alpha value is -1.55. The van der Waals surface area contributed by atoms with Crippen molar-refractivity contribution in [1.82, 2.24) is 5.32 Å². The van der Waals surface area contributed by atoms with Crippen molar-refractivity contribution in [3.8, 4) is 5.75 Å². The van der Waals surface area contributed by atoms with Crippen molar-refractivity contribution < 1.29 is 14.3 Å². The zero-order valence-corrected chi connectivity index (χ0v) is 12.1. The average Bonchev–Trinajstić information content (AvgIpc) is 2.44. The molecule has 1 N–H and O–H groups in total. The molecule has 1 aromatic carbocycles. The van der Waals surface area contributed by atoms with Gasteiger partial charge < -0.3 is 14.8 Å².